The van der Waals surface area contributed by atoms with E-state index < -0.39 is 0 Å². The molecule has 86 valence electrons. The first-order valence-electron chi connectivity index (χ1n) is 5.24. The molecule has 0 radical (unpaired) electrons. The van der Waals surface area contributed by atoms with Crippen LogP contribution in [-0.4, -0.2) is 11.3 Å². The summed E-state index contributed by atoms with van der Waals surface area (Å²) in [6.07, 6.45) is 1.70. The molecule has 2 aromatic carbocycles. The van der Waals surface area contributed by atoms with E-state index in [-0.39, 0.29) is 5.75 Å². The van der Waals surface area contributed by atoms with Gasteiger partial charge < -0.3 is 5.11 Å². The van der Waals surface area contributed by atoms with Crippen molar-refractivity contribution in [3.63, 3.8) is 0 Å². The molecule has 1 N–H and O–H groups in total. The van der Waals surface area contributed by atoms with Gasteiger partial charge >= 0.3 is 0 Å². The molecule has 2 nitrogen and oxygen atoms in total. The van der Waals surface area contributed by atoms with Gasteiger partial charge in [0.2, 0.25) is 0 Å². The van der Waals surface area contributed by atoms with Crippen molar-refractivity contribution in [1.29, 1.82) is 0 Å². The van der Waals surface area contributed by atoms with Gasteiger partial charge in [-0.1, -0.05) is 29.8 Å². The van der Waals surface area contributed by atoms with Crippen molar-refractivity contribution >= 4 is 23.5 Å². The first kappa shape index (κ1) is 11.7. The molecule has 0 fully saturated rings. The normalized spacial score (nSPS) is 10.9. The standard InChI is InChI=1S/C14H12ClNO/c1-10-2-7-14(17)13(8-10)16-9-11-3-5-12(15)6-4-11/h2-9,17H,1H3. The number of halogens is 1. The number of hydrogen-bond donors (Lipinski definition) is 1. The van der Waals surface area contributed by atoms with Crippen LogP contribution in [0.15, 0.2) is 47.5 Å². The van der Waals surface area contributed by atoms with Crippen molar-refractivity contribution in [3.05, 3.63) is 58.6 Å². The maximum atomic E-state index is 9.62. The Morgan fingerprint density at radius 3 is 2.53 bits per heavy atom. The summed E-state index contributed by atoms with van der Waals surface area (Å²) in [5, 5.41) is 10.3. The minimum Gasteiger partial charge on any atom is -0.506 e. The summed E-state index contributed by atoms with van der Waals surface area (Å²) in [4.78, 5) is 4.25. The molecule has 0 heterocycles. The van der Waals surface area contributed by atoms with Crippen LogP contribution in [0.25, 0.3) is 0 Å². The number of aliphatic imine (C=N–C) groups is 1. The van der Waals surface area contributed by atoms with Crippen LogP contribution in [0.4, 0.5) is 5.69 Å². The Kier molecular flexibility index (Phi) is 3.45. The molecule has 0 amide bonds. The quantitative estimate of drug-likeness (QED) is 0.794. The van der Waals surface area contributed by atoms with Crippen LogP contribution in [0, 0.1) is 6.92 Å². The SMILES string of the molecule is Cc1ccc(O)c(N=Cc2ccc(Cl)cc2)c1. The van der Waals surface area contributed by atoms with Gasteiger partial charge in [-0.3, -0.25) is 4.99 Å². The molecule has 0 unspecified atom stereocenters. The smallest absolute Gasteiger partial charge is 0.141 e. The van der Waals surface area contributed by atoms with E-state index in [2.05, 4.69) is 4.99 Å². The van der Waals surface area contributed by atoms with E-state index in [9.17, 15) is 5.11 Å². The first-order chi connectivity index (χ1) is 8.15. The first-order valence-corrected chi connectivity index (χ1v) is 5.62. The second-order valence-corrected chi connectivity index (χ2v) is 4.24. The molecule has 2 aromatic rings. The Balaban J connectivity index is 2.25. The zero-order valence-electron chi connectivity index (χ0n) is 9.39. The molecular weight excluding hydrogens is 234 g/mol. The zero-order valence-corrected chi connectivity index (χ0v) is 10.1. The van der Waals surface area contributed by atoms with Crippen LogP contribution in [0.2, 0.25) is 5.02 Å². The fraction of sp³-hybridized carbons (Fsp3) is 0.0714. The minimum atomic E-state index is 0.181. The highest BCUT2D eigenvalue weighted by Crippen LogP contribution is 2.26. The van der Waals surface area contributed by atoms with Crippen molar-refractivity contribution in [3.8, 4) is 5.75 Å². The predicted octanol–water partition coefficient (Wildman–Crippen LogP) is 4.10. The Morgan fingerprint density at radius 2 is 1.82 bits per heavy atom. The van der Waals surface area contributed by atoms with E-state index >= 15 is 0 Å². The van der Waals surface area contributed by atoms with Crippen molar-refractivity contribution in [2.45, 2.75) is 6.92 Å². The van der Waals surface area contributed by atoms with E-state index in [4.69, 9.17) is 11.6 Å². The number of phenols is 1. The zero-order chi connectivity index (χ0) is 12.3. The lowest BCUT2D eigenvalue weighted by molar-refractivity contribution is 0.477. The fourth-order valence-corrected chi connectivity index (χ4v) is 1.56. The van der Waals surface area contributed by atoms with Gasteiger partial charge in [0.1, 0.15) is 11.4 Å². The molecule has 0 bridgehead atoms. The third-order valence-electron chi connectivity index (χ3n) is 2.35. The number of nitrogens with zero attached hydrogens (tertiary/aromatic N) is 1. The van der Waals surface area contributed by atoms with Gasteiger partial charge in [-0.15, -0.1) is 0 Å². The van der Waals surface area contributed by atoms with E-state index in [1.807, 2.05) is 31.2 Å². The van der Waals surface area contributed by atoms with Crippen LogP contribution in [0.3, 0.4) is 0 Å². The average molecular weight is 246 g/mol. The highest BCUT2D eigenvalue weighted by atomic mass is 35.5. The molecule has 17 heavy (non-hydrogen) atoms. The number of phenolic OH excluding ortho intramolecular Hbond substituents is 1. The molecule has 0 spiro atoms. The topological polar surface area (TPSA) is 32.6 Å². The summed E-state index contributed by atoms with van der Waals surface area (Å²) in [5.74, 6) is 0.181. The van der Waals surface area contributed by atoms with E-state index in [0.29, 0.717) is 10.7 Å². The number of aryl methyl sites for hydroxylation is 1. The van der Waals surface area contributed by atoms with Gasteiger partial charge in [-0.2, -0.15) is 0 Å². The Labute approximate surface area is 105 Å². The predicted molar refractivity (Wildman–Crippen MR) is 71.5 cm³/mol. The Morgan fingerprint density at radius 1 is 1.12 bits per heavy atom. The Hall–Kier alpha value is -1.80. The summed E-state index contributed by atoms with van der Waals surface area (Å²) in [6, 6.07) is 12.7. The number of benzene rings is 2. The second kappa shape index (κ2) is 5.02. The number of aromatic hydroxyl groups is 1. The maximum Gasteiger partial charge on any atom is 0.141 e. The number of hydrogen-bond acceptors (Lipinski definition) is 2. The van der Waals surface area contributed by atoms with Crippen LogP contribution in [0.5, 0.6) is 5.75 Å². The third-order valence-corrected chi connectivity index (χ3v) is 2.61. The number of rotatable bonds is 2. The lowest BCUT2D eigenvalue weighted by Crippen LogP contribution is -1.80. The summed E-state index contributed by atoms with van der Waals surface area (Å²) < 4.78 is 0. The van der Waals surface area contributed by atoms with Crippen LogP contribution >= 0.6 is 11.6 Å². The van der Waals surface area contributed by atoms with Gasteiger partial charge in [0.25, 0.3) is 0 Å². The fourth-order valence-electron chi connectivity index (χ4n) is 1.43. The van der Waals surface area contributed by atoms with E-state index in [1.54, 1.807) is 24.4 Å². The molecule has 3 heteroatoms. The van der Waals surface area contributed by atoms with E-state index in [1.165, 1.54) is 0 Å². The maximum absolute atomic E-state index is 9.62. The lowest BCUT2D eigenvalue weighted by atomic mass is 10.2. The summed E-state index contributed by atoms with van der Waals surface area (Å²) in [6.45, 7) is 1.96. The summed E-state index contributed by atoms with van der Waals surface area (Å²) in [5.41, 5.74) is 2.57. The van der Waals surface area contributed by atoms with Gasteiger partial charge in [0.15, 0.2) is 0 Å². The van der Waals surface area contributed by atoms with Crippen molar-refractivity contribution in [1.82, 2.24) is 0 Å². The highest BCUT2D eigenvalue weighted by molar-refractivity contribution is 6.30. The van der Waals surface area contributed by atoms with Crippen LogP contribution in [0.1, 0.15) is 11.1 Å². The minimum absolute atomic E-state index is 0.181. The highest BCUT2D eigenvalue weighted by Gasteiger charge is 1.98. The molecule has 0 aromatic heterocycles. The molecular formula is C14H12ClNO. The van der Waals surface area contributed by atoms with Crippen molar-refractivity contribution in [2.75, 3.05) is 0 Å². The second-order valence-electron chi connectivity index (χ2n) is 3.80. The van der Waals surface area contributed by atoms with Crippen molar-refractivity contribution in [2.24, 2.45) is 4.99 Å². The molecule has 0 saturated heterocycles. The average Bonchev–Trinajstić information content (AvgIpc) is 2.32. The van der Waals surface area contributed by atoms with Crippen molar-refractivity contribution < 1.29 is 5.11 Å². The summed E-state index contributed by atoms with van der Waals surface area (Å²) >= 11 is 5.79. The Bertz CT molecular complexity index is 547. The van der Waals surface area contributed by atoms with E-state index in [0.717, 1.165) is 11.1 Å². The molecule has 0 saturated carbocycles. The van der Waals surface area contributed by atoms with Gasteiger partial charge in [0, 0.05) is 11.2 Å². The van der Waals surface area contributed by atoms with Crippen LogP contribution < -0.4 is 0 Å². The molecule has 2 rings (SSSR count). The van der Waals surface area contributed by atoms with Gasteiger partial charge in [0.05, 0.1) is 0 Å². The molecule has 0 aliphatic carbocycles. The molecule has 0 aliphatic rings. The lowest BCUT2D eigenvalue weighted by Gasteiger charge is -2.00. The molecule has 0 aliphatic heterocycles. The summed E-state index contributed by atoms with van der Waals surface area (Å²) in [7, 11) is 0. The third kappa shape index (κ3) is 3.08. The molecule has 0 atom stereocenters. The van der Waals surface area contributed by atoms with Gasteiger partial charge in [-0.05, 0) is 42.3 Å². The van der Waals surface area contributed by atoms with Crippen LogP contribution in [-0.2, 0) is 0 Å². The van der Waals surface area contributed by atoms with Gasteiger partial charge in [-0.25, -0.2) is 0 Å². The largest absolute Gasteiger partial charge is 0.506 e. The monoisotopic (exact) mass is 245 g/mol.